The molecule has 1 unspecified atom stereocenters. The highest BCUT2D eigenvalue weighted by Crippen LogP contribution is 2.36. The molecule has 2 aliphatic rings. The van der Waals surface area contributed by atoms with Gasteiger partial charge in [-0.15, -0.1) is 0 Å². The van der Waals surface area contributed by atoms with Crippen LogP contribution in [0.25, 0.3) is 10.9 Å². The largest absolute Gasteiger partial charge is 0.445 e. The maximum atomic E-state index is 13.2. The zero-order valence-corrected chi connectivity index (χ0v) is 31.4. The van der Waals surface area contributed by atoms with E-state index in [9.17, 15) is 14.3 Å². The summed E-state index contributed by atoms with van der Waals surface area (Å²) in [6, 6.07) is 16.8. The molecule has 0 aliphatic carbocycles. The molecule has 0 spiro atoms. The van der Waals surface area contributed by atoms with E-state index < -0.39 is 25.0 Å². The monoisotopic (exact) mass is 714 g/mol. The fourth-order valence-electron chi connectivity index (χ4n) is 6.64. The number of amides is 1. The number of hydrogen-bond donors (Lipinski definition) is 0. The summed E-state index contributed by atoms with van der Waals surface area (Å²) >= 11 is 0. The van der Waals surface area contributed by atoms with Crippen LogP contribution in [0.2, 0.25) is 25.7 Å². The molecule has 1 amide bonds. The average molecular weight is 715 g/mol. The molecule has 0 radical (unpaired) electrons. The van der Waals surface area contributed by atoms with Crippen molar-refractivity contribution in [1.29, 1.82) is 5.26 Å². The van der Waals surface area contributed by atoms with Crippen molar-refractivity contribution < 1.29 is 18.5 Å². The lowest BCUT2D eigenvalue weighted by atomic mass is 10.0. The fourth-order valence-corrected chi connectivity index (χ4v) is 7.85. The SMILES string of the molecule is Cc1ccc2c(cnn2COCC[Si](C)(C)C)c1N1CCc2c(nc(S(C)=O)nc2N2CCN(C(=O)OCc3ccccc3)[C@@H](CC#N)C2)C1. The van der Waals surface area contributed by atoms with Crippen LogP contribution in [-0.2, 0) is 46.6 Å². The number of hydrogen-bond acceptors (Lipinski definition) is 10. The summed E-state index contributed by atoms with van der Waals surface area (Å²) in [5.41, 5.74) is 6.03. The maximum Gasteiger partial charge on any atom is 0.410 e. The van der Waals surface area contributed by atoms with Gasteiger partial charge in [0.15, 0.2) is 0 Å². The average Bonchev–Trinajstić information content (AvgIpc) is 3.51. The minimum Gasteiger partial charge on any atom is -0.445 e. The Balaban J connectivity index is 1.22. The lowest BCUT2D eigenvalue weighted by Gasteiger charge is -2.42. The minimum absolute atomic E-state index is 0.158. The number of rotatable bonds is 11. The van der Waals surface area contributed by atoms with Gasteiger partial charge in [-0.3, -0.25) is 4.21 Å². The van der Waals surface area contributed by atoms with Gasteiger partial charge in [-0.25, -0.2) is 19.4 Å². The van der Waals surface area contributed by atoms with Gasteiger partial charge in [-0.1, -0.05) is 56.0 Å². The lowest BCUT2D eigenvalue weighted by molar-refractivity contribution is 0.0767. The zero-order valence-electron chi connectivity index (χ0n) is 29.6. The number of nitriles is 1. The van der Waals surface area contributed by atoms with Crippen molar-refractivity contribution in [2.24, 2.45) is 0 Å². The predicted octanol–water partition coefficient (Wildman–Crippen LogP) is 5.49. The van der Waals surface area contributed by atoms with Crippen LogP contribution in [0.15, 0.2) is 53.8 Å². The Morgan fingerprint density at radius 1 is 1.08 bits per heavy atom. The van der Waals surface area contributed by atoms with E-state index in [1.807, 2.05) is 41.2 Å². The summed E-state index contributed by atoms with van der Waals surface area (Å²) in [5.74, 6) is 0.735. The number of ether oxygens (including phenoxy) is 2. The Labute approximate surface area is 297 Å². The number of benzene rings is 2. The number of aryl methyl sites for hydroxylation is 1. The summed E-state index contributed by atoms with van der Waals surface area (Å²) in [7, 11) is -2.59. The Morgan fingerprint density at radius 3 is 2.62 bits per heavy atom. The van der Waals surface area contributed by atoms with Gasteiger partial charge in [-0.05, 0) is 36.6 Å². The van der Waals surface area contributed by atoms with Gasteiger partial charge in [0.1, 0.15) is 19.2 Å². The summed E-state index contributed by atoms with van der Waals surface area (Å²) in [6.45, 7) is 13.0. The van der Waals surface area contributed by atoms with Crippen molar-refractivity contribution in [3.63, 3.8) is 0 Å². The van der Waals surface area contributed by atoms with Gasteiger partial charge >= 0.3 is 6.09 Å². The quantitative estimate of drug-likeness (QED) is 0.112. The fraction of sp³-hybridized carbons (Fsp3) is 0.472. The second-order valence-electron chi connectivity index (χ2n) is 14.2. The van der Waals surface area contributed by atoms with E-state index in [-0.39, 0.29) is 24.2 Å². The smallest absolute Gasteiger partial charge is 0.410 e. The van der Waals surface area contributed by atoms with Gasteiger partial charge in [-0.2, -0.15) is 10.4 Å². The summed E-state index contributed by atoms with van der Waals surface area (Å²) in [6.07, 6.45) is 3.93. The van der Waals surface area contributed by atoms with Crippen LogP contribution in [0, 0.1) is 18.3 Å². The molecule has 1 fully saturated rings. The standard InChI is InChI=1S/C36H46N8O4SSi/c1-26-11-12-32-30(21-38-44(32)25-47-19-20-50(3,4)5)33(26)41-16-14-29-31(23-41)39-35(49(2)46)40-34(29)42-17-18-43(28(22-42)13-15-37)36(45)48-24-27-9-7-6-8-10-27/h6-12,21,28H,13-14,16-20,22-25H2,1-5H3/t28-,49?/m0/s1. The Kier molecular flexibility index (Phi) is 10.9. The molecule has 50 heavy (non-hydrogen) atoms. The molecule has 0 bridgehead atoms. The number of carbonyl (C=O) groups is 1. The van der Waals surface area contributed by atoms with E-state index in [1.165, 1.54) is 0 Å². The Bertz CT molecular complexity index is 1910. The Morgan fingerprint density at radius 2 is 1.88 bits per heavy atom. The molecule has 2 aromatic heterocycles. The van der Waals surface area contributed by atoms with Gasteiger partial charge in [0.2, 0.25) is 5.16 Å². The molecular weight excluding hydrogens is 669 g/mol. The van der Waals surface area contributed by atoms with Crippen LogP contribution in [0.3, 0.4) is 0 Å². The van der Waals surface area contributed by atoms with Crippen molar-refractivity contribution in [1.82, 2.24) is 24.6 Å². The van der Waals surface area contributed by atoms with Crippen LogP contribution >= 0.6 is 0 Å². The molecule has 2 aliphatic heterocycles. The number of fused-ring (bicyclic) bond motifs is 2. The lowest BCUT2D eigenvalue weighted by Crippen LogP contribution is -2.56. The van der Waals surface area contributed by atoms with E-state index in [0.717, 1.165) is 64.0 Å². The first-order valence-corrected chi connectivity index (χ1v) is 22.4. The molecular formula is C36H46N8O4SSi. The van der Waals surface area contributed by atoms with Crippen LogP contribution in [-0.4, -0.2) is 88.1 Å². The number of nitrogens with zero attached hydrogens (tertiary/aromatic N) is 8. The first kappa shape index (κ1) is 35.5. The van der Waals surface area contributed by atoms with Gasteiger partial charge in [0, 0.05) is 58.1 Å². The van der Waals surface area contributed by atoms with E-state index >= 15 is 0 Å². The highest BCUT2D eigenvalue weighted by atomic mass is 32.2. The van der Waals surface area contributed by atoms with Crippen LogP contribution in [0.4, 0.5) is 16.3 Å². The second kappa shape index (κ2) is 15.3. The number of piperazine rings is 1. The molecule has 2 aromatic carbocycles. The molecule has 14 heteroatoms. The topological polar surface area (TPSA) is 130 Å². The van der Waals surface area contributed by atoms with E-state index in [1.54, 1.807) is 11.2 Å². The number of carbonyl (C=O) groups excluding carboxylic acids is 1. The van der Waals surface area contributed by atoms with Crippen LogP contribution < -0.4 is 9.80 Å². The molecule has 0 N–H and O–H groups in total. The van der Waals surface area contributed by atoms with Crippen molar-refractivity contribution in [3.8, 4) is 6.07 Å². The van der Waals surface area contributed by atoms with Crippen molar-refractivity contribution >= 4 is 47.4 Å². The van der Waals surface area contributed by atoms with Crippen molar-refractivity contribution in [3.05, 3.63) is 71.0 Å². The Hall–Kier alpha value is -4.32. The van der Waals surface area contributed by atoms with E-state index in [2.05, 4.69) is 54.6 Å². The molecule has 1 saturated heterocycles. The molecule has 12 nitrogen and oxygen atoms in total. The van der Waals surface area contributed by atoms with Gasteiger partial charge in [0.05, 0.1) is 59.0 Å². The molecule has 2 atom stereocenters. The summed E-state index contributed by atoms with van der Waals surface area (Å²) < 4.78 is 26.4. The maximum absolute atomic E-state index is 13.2. The normalized spacial score (nSPS) is 17.0. The third-order valence-electron chi connectivity index (χ3n) is 9.35. The third kappa shape index (κ3) is 8.01. The summed E-state index contributed by atoms with van der Waals surface area (Å²) in [5, 5.41) is 15.7. The third-order valence-corrected chi connectivity index (χ3v) is 11.8. The van der Waals surface area contributed by atoms with Crippen molar-refractivity contribution in [2.45, 2.75) is 76.5 Å². The summed E-state index contributed by atoms with van der Waals surface area (Å²) in [4.78, 5) is 28.9. The molecule has 0 saturated carbocycles. The molecule has 264 valence electrons. The second-order valence-corrected chi connectivity index (χ2v) is 21.1. The van der Waals surface area contributed by atoms with Gasteiger partial charge in [0.25, 0.3) is 0 Å². The number of aromatic nitrogens is 4. The van der Waals surface area contributed by atoms with Crippen LogP contribution in [0.1, 0.15) is 28.8 Å². The van der Waals surface area contributed by atoms with Crippen molar-refractivity contribution in [2.75, 3.05) is 48.8 Å². The van der Waals surface area contributed by atoms with E-state index in [4.69, 9.17) is 24.5 Å². The predicted molar refractivity (Wildman–Crippen MR) is 197 cm³/mol. The first-order valence-electron chi connectivity index (χ1n) is 17.1. The zero-order chi connectivity index (χ0) is 35.4. The highest BCUT2D eigenvalue weighted by Gasteiger charge is 2.35. The van der Waals surface area contributed by atoms with Gasteiger partial charge < -0.3 is 24.2 Å². The minimum atomic E-state index is -1.41. The first-order chi connectivity index (χ1) is 24.0. The highest BCUT2D eigenvalue weighted by molar-refractivity contribution is 7.84. The molecule has 4 heterocycles. The number of anilines is 2. The molecule has 4 aromatic rings. The van der Waals surface area contributed by atoms with E-state index in [0.29, 0.717) is 39.3 Å². The molecule has 6 rings (SSSR count). The van der Waals surface area contributed by atoms with Crippen LogP contribution in [0.5, 0.6) is 0 Å².